The summed E-state index contributed by atoms with van der Waals surface area (Å²) in [7, 11) is 0. The zero-order valence-corrected chi connectivity index (χ0v) is 14.4. The van der Waals surface area contributed by atoms with E-state index in [4.69, 9.17) is 4.74 Å². The molecule has 1 spiro atoms. The summed E-state index contributed by atoms with van der Waals surface area (Å²) in [4.78, 5) is 0. The second-order valence-electron chi connectivity index (χ2n) is 7.66. The van der Waals surface area contributed by atoms with Crippen molar-refractivity contribution >= 4 is 0 Å². The van der Waals surface area contributed by atoms with Crippen LogP contribution >= 0.6 is 0 Å². The van der Waals surface area contributed by atoms with Gasteiger partial charge in [-0.1, -0.05) is 44.8 Å². The van der Waals surface area contributed by atoms with Crippen molar-refractivity contribution in [3.8, 4) is 0 Å². The van der Waals surface area contributed by atoms with Crippen LogP contribution in [0.4, 0.5) is 0 Å². The molecule has 0 amide bonds. The molecule has 0 aromatic heterocycles. The lowest BCUT2D eigenvalue weighted by Gasteiger charge is -2.33. The average molecular weight is 293 g/mol. The van der Waals surface area contributed by atoms with Crippen molar-refractivity contribution in [3.63, 3.8) is 0 Å². The highest BCUT2D eigenvalue weighted by atomic mass is 16.5. The van der Waals surface area contributed by atoms with E-state index in [1.165, 1.54) is 50.5 Å². The van der Waals surface area contributed by atoms with Crippen LogP contribution in [0.5, 0.6) is 0 Å². The Hall–Kier alpha value is -0.340. The van der Waals surface area contributed by atoms with Gasteiger partial charge in [0, 0.05) is 0 Å². The second kappa shape index (κ2) is 8.33. The third-order valence-electron chi connectivity index (χ3n) is 5.02. The largest absolute Gasteiger partial charge is 0.371 e. The molecule has 122 valence electrons. The molecule has 1 aliphatic heterocycles. The molecule has 2 aliphatic rings. The summed E-state index contributed by atoms with van der Waals surface area (Å²) < 4.78 is 6.46. The van der Waals surface area contributed by atoms with Crippen LogP contribution < -0.4 is 5.32 Å². The molecule has 2 rings (SSSR count). The summed E-state index contributed by atoms with van der Waals surface area (Å²) in [5.74, 6) is 0.744. The standard InChI is InChI=1S/C19H35NO/c1-16(2)15-20-13-7-8-17(3)14-18-9-12-19(21-18)10-5-4-6-11-19/h8,16,18,20H,4-7,9-15H2,1-3H3/b17-8-. The lowest BCUT2D eigenvalue weighted by molar-refractivity contribution is -0.0628. The van der Waals surface area contributed by atoms with Gasteiger partial charge in [0.1, 0.15) is 0 Å². The zero-order chi connectivity index (χ0) is 15.1. The molecule has 1 saturated carbocycles. The van der Waals surface area contributed by atoms with Crippen LogP contribution in [0.15, 0.2) is 11.6 Å². The highest BCUT2D eigenvalue weighted by Crippen LogP contribution is 2.43. The number of rotatable bonds is 7. The Balaban J connectivity index is 1.65. The van der Waals surface area contributed by atoms with E-state index in [1.54, 1.807) is 0 Å². The number of hydrogen-bond acceptors (Lipinski definition) is 2. The molecule has 1 heterocycles. The molecule has 21 heavy (non-hydrogen) atoms. The van der Waals surface area contributed by atoms with Crippen molar-refractivity contribution < 1.29 is 4.74 Å². The SMILES string of the molecule is C/C(=C/CCNCC(C)C)CC1CCC2(CCCCC2)O1. The molecule has 2 nitrogen and oxygen atoms in total. The molecule has 0 radical (unpaired) electrons. The van der Waals surface area contributed by atoms with Gasteiger partial charge in [0.15, 0.2) is 0 Å². The predicted octanol–water partition coefficient (Wildman–Crippen LogP) is 4.84. The fourth-order valence-corrected chi connectivity index (χ4v) is 3.86. The molecule has 0 aromatic rings. The molecular formula is C19H35NO. The predicted molar refractivity (Wildman–Crippen MR) is 90.6 cm³/mol. The highest BCUT2D eigenvalue weighted by molar-refractivity contribution is 5.02. The van der Waals surface area contributed by atoms with Crippen LogP contribution in [0.3, 0.4) is 0 Å². The summed E-state index contributed by atoms with van der Waals surface area (Å²) in [6.07, 6.45) is 14.6. The van der Waals surface area contributed by atoms with Crippen molar-refractivity contribution in [1.82, 2.24) is 5.32 Å². The fourth-order valence-electron chi connectivity index (χ4n) is 3.86. The number of nitrogens with one attached hydrogen (secondary N) is 1. The van der Waals surface area contributed by atoms with Gasteiger partial charge in [-0.25, -0.2) is 0 Å². The van der Waals surface area contributed by atoms with Crippen LogP contribution in [0.1, 0.15) is 78.6 Å². The Morgan fingerprint density at radius 3 is 2.71 bits per heavy atom. The molecule has 1 aliphatic carbocycles. The minimum absolute atomic E-state index is 0.280. The Morgan fingerprint density at radius 1 is 1.24 bits per heavy atom. The first-order valence-electron chi connectivity index (χ1n) is 9.14. The van der Waals surface area contributed by atoms with E-state index in [9.17, 15) is 0 Å². The smallest absolute Gasteiger partial charge is 0.0687 e. The third kappa shape index (κ3) is 5.75. The maximum atomic E-state index is 6.46. The molecule has 1 atom stereocenters. The van der Waals surface area contributed by atoms with Gasteiger partial charge >= 0.3 is 0 Å². The lowest BCUT2D eigenvalue weighted by atomic mass is 9.83. The van der Waals surface area contributed by atoms with Crippen molar-refractivity contribution in [2.45, 2.75) is 90.3 Å². The van der Waals surface area contributed by atoms with Gasteiger partial charge in [0.05, 0.1) is 11.7 Å². The van der Waals surface area contributed by atoms with Crippen molar-refractivity contribution in [3.05, 3.63) is 11.6 Å². The van der Waals surface area contributed by atoms with Crippen LogP contribution in [0.25, 0.3) is 0 Å². The van der Waals surface area contributed by atoms with Crippen LogP contribution in [-0.2, 0) is 4.74 Å². The fraction of sp³-hybridized carbons (Fsp3) is 0.895. The van der Waals surface area contributed by atoms with Gasteiger partial charge in [-0.3, -0.25) is 0 Å². The van der Waals surface area contributed by atoms with Crippen molar-refractivity contribution in [2.75, 3.05) is 13.1 Å². The minimum Gasteiger partial charge on any atom is -0.371 e. The second-order valence-corrected chi connectivity index (χ2v) is 7.66. The maximum absolute atomic E-state index is 6.46. The molecule has 1 N–H and O–H groups in total. The topological polar surface area (TPSA) is 21.3 Å². The van der Waals surface area contributed by atoms with Gasteiger partial charge in [-0.2, -0.15) is 0 Å². The van der Waals surface area contributed by atoms with E-state index in [-0.39, 0.29) is 5.60 Å². The Morgan fingerprint density at radius 2 is 2.00 bits per heavy atom. The van der Waals surface area contributed by atoms with Crippen LogP contribution in [0.2, 0.25) is 0 Å². The van der Waals surface area contributed by atoms with E-state index >= 15 is 0 Å². The number of hydrogen-bond donors (Lipinski definition) is 1. The van der Waals surface area contributed by atoms with Crippen LogP contribution in [0, 0.1) is 5.92 Å². The van der Waals surface area contributed by atoms with Gasteiger partial charge in [-0.15, -0.1) is 0 Å². The van der Waals surface area contributed by atoms with Gasteiger partial charge in [0.2, 0.25) is 0 Å². The first kappa shape index (κ1) is 17.0. The van der Waals surface area contributed by atoms with Gasteiger partial charge in [-0.05, 0) is 64.5 Å². The molecule has 1 unspecified atom stereocenters. The zero-order valence-electron chi connectivity index (χ0n) is 14.4. The van der Waals surface area contributed by atoms with Crippen molar-refractivity contribution in [1.29, 1.82) is 0 Å². The Kier molecular flexibility index (Phi) is 6.75. The van der Waals surface area contributed by atoms with Gasteiger partial charge in [0.25, 0.3) is 0 Å². The number of ether oxygens (including phenoxy) is 1. The molecular weight excluding hydrogens is 258 g/mol. The van der Waals surface area contributed by atoms with E-state index in [1.807, 2.05) is 0 Å². The quantitative estimate of drug-likeness (QED) is 0.535. The average Bonchev–Trinajstić information content (AvgIpc) is 2.81. The van der Waals surface area contributed by atoms with Gasteiger partial charge < -0.3 is 10.1 Å². The first-order valence-corrected chi connectivity index (χ1v) is 9.14. The van der Waals surface area contributed by atoms with E-state index < -0.39 is 0 Å². The van der Waals surface area contributed by atoms with Crippen LogP contribution in [-0.4, -0.2) is 24.8 Å². The van der Waals surface area contributed by atoms with Crippen molar-refractivity contribution in [2.24, 2.45) is 5.92 Å². The molecule has 2 heteroatoms. The normalized spacial score (nSPS) is 25.9. The Labute approximate surface area is 131 Å². The molecule has 1 saturated heterocycles. The third-order valence-corrected chi connectivity index (χ3v) is 5.02. The van der Waals surface area contributed by atoms with E-state index in [0.717, 1.165) is 31.8 Å². The Bertz CT molecular complexity index is 328. The lowest BCUT2D eigenvalue weighted by Crippen LogP contribution is -2.31. The molecule has 2 fully saturated rings. The van der Waals surface area contributed by atoms with E-state index in [0.29, 0.717) is 6.10 Å². The summed E-state index contributed by atoms with van der Waals surface area (Å²) >= 11 is 0. The summed E-state index contributed by atoms with van der Waals surface area (Å²) in [6, 6.07) is 0. The minimum atomic E-state index is 0.280. The summed E-state index contributed by atoms with van der Waals surface area (Å²) in [5.41, 5.74) is 1.79. The summed E-state index contributed by atoms with van der Waals surface area (Å²) in [5, 5.41) is 3.50. The highest BCUT2D eigenvalue weighted by Gasteiger charge is 2.40. The summed E-state index contributed by atoms with van der Waals surface area (Å²) in [6.45, 7) is 9.02. The molecule has 0 aromatic carbocycles. The van der Waals surface area contributed by atoms with E-state index in [2.05, 4.69) is 32.2 Å². The maximum Gasteiger partial charge on any atom is 0.0687 e. The molecule has 0 bridgehead atoms. The first-order chi connectivity index (χ1) is 10.1. The monoisotopic (exact) mass is 293 g/mol.